The minimum atomic E-state index is -3.70. The van der Waals surface area contributed by atoms with E-state index in [4.69, 9.17) is 11.6 Å². The highest BCUT2D eigenvalue weighted by molar-refractivity contribution is 7.89. The van der Waals surface area contributed by atoms with Gasteiger partial charge in [0.2, 0.25) is 5.82 Å². The highest BCUT2D eigenvalue weighted by Gasteiger charge is 2.32. The van der Waals surface area contributed by atoms with E-state index < -0.39 is 10.0 Å². The highest BCUT2D eigenvalue weighted by Crippen LogP contribution is 2.25. The molecule has 4 heterocycles. The number of aromatic nitrogens is 3. The van der Waals surface area contributed by atoms with E-state index in [0.717, 1.165) is 23.2 Å². The Morgan fingerprint density at radius 3 is 2.68 bits per heavy atom. The van der Waals surface area contributed by atoms with Crippen LogP contribution < -0.4 is 0 Å². The van der Waals surface area contributed by atoms with Gasteiger partial charge in [-0.15, -0.1) is 0 Å². The number of H-pyrrole nitrogens is 1. The molecule has 9 nitrogen and oxygen atoms in total. The molecule has 3 aromatic rings. The van der Waals surface area contributed by atoms with Crippen LogP contribution in [0.15, 0.2) is 35.5 Å². The van der Waals surface area contributed by atoms with Crippen LogP contribution in [0.1, 0.15) is 21.9 Å². The third-order valence-electron chi connectivity index (χ3n) is 5.71. The topological polar surface area (TPSA) is 103 Å². The molecule has 0 spiro atoms. The van der Waals surface area contributed by atoms with E-state index in [1.807, 2.05) is 7.05 Å². The number of carbonyl (C=O) groups excluding carboxylic acids is 1. The summed E-state index contributed by atoms with van der Waals surface area (Å²) in [4.78, 5) is 28.2. The lowest BCUT2D eigenvalue weighted by Gasteiger charge is -2.33. The Bertz CT molecular complexity index is 1280. The molecule has 2 aliphatic heterocycles. The lowest BCUT2D eigenvalue weighted by molar-refractivity contribution is 0.0685. The van der Waals surface area contributed by atoms with Gasteiger partial charge in [-0.2, -0.15) is 4.31 Å². The Morgan fingerprint density at radius 1 is 1.13 bits per heavy atom. The zero-order chi connectivity index (χ0) is 21.8. The molecule has 0 aliphatic carbocycles. The molecule has 0 unspecified atom stereocenters. The molecule has 31 heavy (non-hydrogen) atoms. The molecule has 0 bridgehead atoms. The predicted molar refractivity (Wildman–Crippen MR) is 115 cm³/mol. The quantitative estimate of drug-likeness (QED) is 0.638. The molecule has 5 rings (SSSR count). The van der Waals surface area contributed by atoms with Gasteiger partial charge in [0.1, 0.15) is 5.03 Å². The first-order chi connectivity index (χ1) is 14.8. The second-order valence-corrected chi connectivity index (χ2v) is 10.2. The van der Waals surface area contributed by atoms with E-state index >= 15 is 0 Å². The highest BCUT2D eigenvalue weighted by atomic mass is 35.5. The number of fused-ring (bicyclic) bond motifs is 2. The van der Waals surface area contributed by atoms with Crippen LogP contribution in [0.2, 0.25) is 5.02 Å². The van der Waals surface area contributed by atoms with Crippen LogP contribution in [-0.4, -0.2) is 76.6 Å². The van der Waals surface area contributed by atoms with Crippen LogP contribution in [0.3, 0.4) is 0 Å². The zero-order valence-electron chi connectivity index (χ0n) is 16.9. The Morgan fingerprint density at radius 2 is 1.90 bits per heavy atom. The van der Waals surface area contributed by atoms with Gasteiger partial charge in [-0.1, -0.05) is 11.6 Å². The van der Waals surface area contributed by atoms with Crippen LogP contribution in [0.25, 0.3) is 10.9 Å². The number of piperazine rings is 1. The van der Waals surface area contributed by atoms with Gasteiger partial charge in [0.25, 0.3) is 15.9 Å². The van der Waals surface area contributed by atoms with Gasteiger partial charge in [0, 0.05) is 67.0 Å². The molecular weight excluding hydrogens is 440 g/mol. The molecule has 11 heteroatoms. The number of aromatic amines is 1. The number of carbonyl (C=O) groups is 1. The summed E-state index contributed by atoms with van der Waals surface area (Å²) in [5.41, 5.74) is 2.62. The van der Waals surface area contributed by atoms with Crippen molar-refractivity contribution in [2.75, 3.05) is 33.2 Å². The van der Waals surface area contributed by atoms with Crippen molar-refractivity contribution < 1.29 is 13.2 Å². The van der Waals surface area contributed by atoms with Gasteiger partial charge >= 0.3 is 0 Å². The van der Waals surface area contributed by atoms with Crippen LogP contribution in [0, 0.1) is 0 Å². The van der Waals surface area contributed by atoms with Gasteiger partial charge in [0.15, 0.2) is 0 Å². The SMILES string of the molecule is CN1Cc2cnc(C(=O)N3CCN(S(=O)(=O)c4cc5cc(Cl)ccc5[nH]4)CC3)nc2C1. The van der Waals surface area contributed by atoms with E-state index in [-0.39, 0.29) is 42.9 Å². The maximum atomic E-state index is 13.1. The average molecular weight is 461 g/mol. The van der Waals surface area contributed by atoms with Crippen LogP contribution in [-0.2, 0) is 23.1 Å². The number of benzene rings is 1. The number of hydrogen-bond donors (Lipinski definition) is 1. The molecule has 0 radical (unpaired) electrons. The number of hydrogen-bond acceptors (Lipinski definition) is 6. The Hall–Kier alpha value is -2.53. The maximum absolute atomic E-state index is 13.1. The predicted octanol–water partition coefficient (Wildman–Crippen LogP) is 1.70. The summed E-state index contributed by atoms with van der Waals surface area (Å²) in [7, 11) is -1.71. The van der Waals surface area contributed by atoms with Crippen molar-refractivity contribution in [3.63, 3.8) is 0 Å². The summed E-state index contributed by atoms with van der Waals surface area (Å²) < 4.78 is 27.5. The van der Waals surface area contributed by atoms with E-state index in [1.165, 1.54) is 4.31 Å². The molecule has 2 aromatic heterocycles. The van der Waals surface area contributed by atoms with Crippen molar-refractivity contribution in [2.45, 2.75) is 18.1 Å². The molecule has 0 atom stereocenters. The minimum Gasteiger partial charge on any atom is -0.345 e. The van der Waals surface area contributed by atoms with Crippen molar-refractivity contribution in [3.8, 4) is 0 Å². The maximum Gasteiger partial charge on any atom is 0.291 e. The fourth-order valence-electron chi connectivity index (χ4n) is 4.04. The summed E-state index contributed by atoms with van der Waals surface area (Å²) >= 11 is 6.00. The van der Waals surface area contributed by atoms with Gasteiger partial charge in [-0.25, -0.2) is 18.4 Å². The van der Waals surface area contributed by atoms with Crippen LogP contribution >= 0.6 is 11.6 Å². The first-order valence-electron chi connectivity index (χ1n) is 9.92. The Labute approximate surface area is 184 Å². The van der Waals surface area contributed by atoms with Crippen LogP contribution in [0.4, 0.5) is 0 Å². The third-order valence-corrected chi connectivity index (χ3v) is 7.76. The third kappa shape index (κ3) is 3.69. The van der Waals surface area contributed by atoms with Crippen molar-refractivity contribution >= 4 is 38.4 Å². The smallest absolute Gasteiger partial charge is 0.291 e. The first kappa shape index (κ1) is 20.4. The fraction of sp³-hybridized carbons (Fsp3) is 0.350. The zero-order valence-corrected chi connectivity index (χ0v) is 18.4. The summed E-state index contributed by atoms with van der Waals surface area (Å²) in [5.74, 6) is -0.104. The molecule has 1 amide bonds. The molecule has 162 valence electrons. The second-order valence-electron chi connectivity index (χ2n) is 7.90. The summed E-state index contributed by atoms with van der Waals surface area (Å²) in [6, 6.07) is 6.77. The molecule has 1 saturated heterocycles. The van der Waals surface area contributed by atoms with E-state index in [2.05, 4.69) is 19.9 Å². The standard InChI is InChI=1S/C20H21ClN6O3S/c1-25-11-14-10-22-19(24-17(14)12-25)20(28)26-4-6-27(7-5-26)31(29,30)18-9-13-8-15(21)2-3-16(13)23-18/h2-3,8-10,23H,4-7,11-12H2,1H3. The Balaban J connectivity index is 1.29. The van der Waals surface area contributed by atoms with Crippen molar-refractivity contribution in [1.29, 1.82) is 0 Å². The molecule has 0 saturated carbocycles. The molecule has 1 N–H and O–H groups in total. The van der Waals surface area contributed by atoms with Gasteiger partial charge < -0.3 is 9.88 Å². The lowest BCUT2D eigenvalue weighted by atomic mass is 10.2. The van der Waals surface area contributed by atoms with Gasteiger partial charge in [-0.05, 0) is 31.3 Å². The second kappa shape index (κ2) is 7.56. The number of halogens is 1. The number of nitrogens with one attached hydrogen (secondary N) is 1. The number of sulfonamides is 1. The summed E-state index contributed by atoms with van der Waals surface area (Å²) in [6.07, 6.45) is 1.71. The monoisotopic (exact) mass is 460 g/mol. The fourth-order valence-corrected chi connectivity index (χ4v) is 5.66. The van der Waals surface area contributed by atoms with E-state index in [9.17, 15) is 13.2 Å². The van der Waals surface area contributed by atoms with Crippen molar-refractivity contribution in [3.05, 3.63) is 52.6 Å². The number of rotatable bonds is 3. The first-order valence-corrected chi connectivity index (χ1v) is 11.7. The van der Waals surface area contributed by atoms with E-state index in [0.29, 0.717) is 17.1 Å². The van der Waals surface area contributed by atoms with E-state index in [1.54, 1.807) is 35.4 Å². The molecule has 2 aliphatic rings. The largest absolute Gasteiger partial charge is 0.345 e. The Kier molecular flexibility index (Phi) is 4.97. The van der Waals surface area contributed by atoms with Crippen molar-refractivity contribution in [2.24, 2.45) is 0 Å². The van der Waals surface area contributed by atoms with Crippen molar-refractivity contribution in [1.82, 2.24) is 29.1 Å². The lowest BCUT2D eigenvalue weighted by Crippen LogP contribution is -2.50. The average Bonchev–Trinajstić information content (AvgIpc) is 3.35. The van der Waals surface area contributed by atoms with Crippen LogP contribution in [0.5, 0.6) is 0 Å². The van der Waals surface area contributed by atoms with Gasteiger partial charge in [0.05, 0.1) is 5.69 Å². The normalized spacial score (nSPS) is 17.9. The molecule has 1 aromatic carbocycles. The molecular formula is C20H21ClN6O3S. The minimum absolute atomic E-state index is 0.121. The molecule has 1 fully saturated rings. The number of nitrogens with zero attached hydrogens (tertiary/aromatic N) is 5. The summed E-state index contributed by atoms with van der Waals surface area (Å²) in [5, 5.41) is 1.40. The van der Waals surface area contributed by atoms with Gasteiger partial charge in [-0.3, -0.25) is 9.69 Å². The number of amides is 1. The summed E-state index contributed by atoms with van der Waals surface area (Å²) in [6.45, 7) is 2.45.